The van der Waals surface area contributed by atoms with Gasteiger partial charge in [-0.2, -0.15) is 10.5 Å². The summed E-state index contributed by atoms with van der Waals surface area (Å²) in [5.74, 6) is -0.377. The van der Waals surface area contributed by atoms with Crippen LogP contribution >= 0.6 is 11.6 Å². The van der Waals surface area contributed by atoms with Crippen LogP contribution in [0.2, 0.25) is 5.02 Å². The third-order valence-electron chi connectivity index (χ3n) is 6.24. The molecule has 2 unspecified atom stereocenters. The summed E-state index contributed by atoms with van der Waals surface area (Å²) >= 11 is 6.09. The van der Waals surface area contributed by atoms with Crippen molar-refractivity contribution in [2.45, 2.75) is 31.5 Å². The minimum absolute atomic E-state index is 0.0563. The van der Waals surface area contributed by atoms with Crippen LogP contribution in [0.3, 0.4) is 0 Å². The molecular formula is C28H24ClF2N3. The Morgan fingerprint density at radius 1 is 1.00 bits per heavy atom. The van der Waals surface area contributed by atoms with Crippen molar-refractivity contribution in [1.82, 2.24) is 4.90 Å². The van der Waals surface area contributed by atoms with Crippen molar-refractivity contribution in [3.05, 3.63) is 105 Å². The van der Waals surface area contributed by atoms with Crippen LogP contribution in [0.1, 0.15) is 47.2 Å². The van der Waals surface area contributed by atoms with Crippen LogP contribution in [0.4, 0.5) is 8.78 Å². The van der Waals surface area contributed by atoms with E-state index in [1.807, 2.05) is 48.5 Å². The highest BCUT2D eigenvalue weighted by molar-refractivity contribution is 6.30. The molecule has 0 N–H and O–H groups in total. The summed E-state index contributed by atoms with van der Waals surface area (Å²) in [6.45, 7) is 2.95. The van der Waals surface area contributed by atoms with Crippen LogP contribution < -0.4 is 0 Å². The van der Waals surface area contributed by atoms with Crippen molar-refractivity contribution in [3.8, 4) is 12.1 Å². The Hall–Kier alpha value is -3.25. The number of nitriles is 2. The Labute approximate surface area is 203 Å². The molecule has 1 saturated heterocycles. The van der Waals surface area contributed by atoms with Gasteiger partial charge in [-0.3, -0.25) is 4.90 Å². The lowest BCUT2D eigenvalue weighted by Gasteiger charge is -2.46. The van der Waals surface area contributed by atoms with Gasteiger partial charge in [-0.05, 0) is 78.4 Å². The smallest absolute Gasteiger partial charge is 0.124 e. The van der Waals surface area contributed by atoms with Gasteiger partial charge in [-0.25, -0.2) is 8.78 Å². The number of alkyl halides is 1. The van der Waals surface area contributed by atoms with E-state index in [1.54, 1.807) is 19.1 Å². The van der Waals surface area contributed by atoms with Crippen molar-refractivity contribution < 1.29 is 8.78 Å². The normalized spacial score (nSPS) is 16.6. The standard InChI is InChI=1S/C28H24ClF2N3/c1-28(31,13-20-9-21(16-33)12-26(30)11-20)14-22-17-34(18-22)27(23-5-7-25(29)8-6-23)24-4-2-3-19(10-24)15-32/h2-12,22,27H,13-14,17-18H2,1H3. The fourth-order valence-corrected chi connectivity index (χ4v) is 5.03. The summed E-state index contributed by atoms with van der Waals surface area (Å²) in [7, 11) is 0. The maximum absolute atomic E-state index is 15.5. The molecule has 1 heterocycles. The Bertz CT molecular complexity index is 1250. The van der Waals surface area contributed by atoms with E-state index in [0.717, 1.165) is 17.2 Å². The summed E-state index contributed by atoms with van der Waals surface area (Å²) in [5, 5.41) is 19.0. The first kappa shape index (κ1) is 23.9. The first-order chi connectivity index (χ1) is 16.3. The van der Waals surface area contributed by atoms with Crippen molar-refractivity contribution in [3.63, 3.8) is 0 Å². The topological polar surface area (TPSA) is 50.8 Å². The van der Waals surface area contributed by atoms with E-state index in [0.29, 0.717) is 35.7 Å². The molecule has 6 heteroatoms. The van der Waals surface area contributed by atoms with Crippen LogP contribution in [0.25, 0.3) is 0 Å². The van der Waals surface area contributed by atoms with E-state index < -0.39 is 11.5 Å². The number of halogens is 3. The van der Waals surface area contributed by atoms with Gasteiger partial charge in [0.25, 0.3) is 0 Å². The zero-order chi connectivity index (χ0) is 24.3. The number of nitrogens with zero attached hydrogens (tertiary/aromatic N) is 3. The molecule has 0 aromatic heterocycles. The molecule has 3 aromatic rings. The first-order valence-electron chi connectivity index (χ1n) is 11.1. The molecule has 1 fully saturated rings. The van der Waals surface area contributed by atoms with E-state index in [9.17, 15) is 9.65 Å². The van der Waals surface area contributed by atoms with Crippen LogP contribution in [-0.2, 0) is 6.42 Å². The van der Waals surface area contributed by atoms with Crippen molar-refractivity contribution >= 4 is 11.6 Å². The van der Waals surface area contributed by atoms with Gasteiger partial charge in [0, 0.05) is 24.5 Å². The van der Waals surface area contributed by atoms with E-state index in [1.165, 1.54) is 6.07 Å². The summed E-state index contributed by atoms with van der Waals surface area (Å²) in [6, 6.07) is 23.3. The summed E-state index contributed by atoms with van der Waals surface area (Å²) in [5.41, 5.74) is 1.83. The minimum Gasteiger partial charge on any atom is -0.292 e. The van der Waals surface area contributed by atoms with Gasteiger partial charge < -0.3 is 0 Å². The third kappa shape index (κ3) is 5.62. The zero-order valence-electron chi connectivity index (χ0n) is 18.8. The summed E-state index contributed by atoms with van der Waals surface area (Å²) in [4.78, 5) is 2.27. The second-order valence-corrected chi connectivity index (χ2v) is 9.70. The molecule has 172 valence electrons. The number of hydrogen-bond donors (Lipinski definition) is 0. The lowest BCUT2D eigenvalue weighted by Crippen LogP contribution is -2.50. The summed E-state index contributed by atoms with van der Waals surface area (Å²) < 4.78 is 29.2. The molecule has 1 aliphatic heterocycles. The molecular weight excluding hydrogens is 452 g/mol. The second kappa shape index (κ2) is 9.94. The van der Waals surface area contributed by atoms with E-state index >= 15 is 4.39 Å². The molecule has 3 nitrogen and oxygen atoms in total. The maximum Gasteiger partial charge on any atom is 0.124 e. The largest absolute Gasteiger partial charge is 0.292 e. The monoisotopic (exact) mass is 475 g/mol. The highest BCUT2D eigenvalue weighted by Crippen LogP contribution is 2.39. The molecule has 1 aliphatic rings. The van der Waals surface area contributed by atoms with Gasteiger partial charge in [-0.1, -0.05) is 35.9 Å². The van der Waals surface area contributed by atoms with Crippen LogP contribution in [0.15, 0.2) is 66.7 Å². The van der Waals surface area contributed by atoms with E-state index in [-0.39, 0.29) is 23.9 Å². The highest BCUT2D eigenvalue weighted by Gasteiger charge is 2.38. The molecule has 2 atom stereocenters. The molecule has 0 radical (unpaired) electrons. The van der Waals surface area contributed by atoms with E-state index in [2.05, 4.69) is 11.0 Å². The number of hydrogen-bond acceptors (Lipinski definition) is 3. The molecule has 0 amide bonds. The first-order valence-corrected chi connectivity index (χ1v) is 11.5. The van der Waals surface area contributed by atoms with Gasteiger partial charge in [0.2, 0.25) is 0 Å². The Morgan fingerprint density at radius 2 is 1.71 bits per heavy atom. The molecule has 3 aromatic carbocycles. The van der Waals surface area contributed by atoms with Crippen molar-refractivity contribution in [2.75, 3.05) is 13.1 Å². The number of likely N-dealkylation sites (tertiary alicyclic amines) is 1. The second-order valence-electron chi connectivity index (χ2n) is 9.27. The maximum atomic E-state index is 15.5. The number of benzene rings is 3. The molecule has 0 spiro atoms. The van der Waals surface area contributed by atoms with Crippen LogP contribution in [-0.4, -0.2) is 23.7 Å². The van der Waals surface area contributed by atoms with Gasteiger partial charge in [0.15, 0.2) is 0 Å². The Balaban J connectivity index is 1.47. The van der Waals surface area contributed by atoms with Crippen LogP contribution in [0.5, 0.6) is 0 Å². The molecule has 0 aliphatic carbocycles. The summed E-state index contributed by atoms with van der Waals surface area (Å²) in [6.07, 6.45) is 0.397. The van der Waals surface area contributed by atoms with Crippen molar-refractivity contribution in [1.29, 1.82) is 10.5 Å². The minimum atomic E-state index is -1.52. The average Bonchev–Trinajstić information content (AvgIpc) is 2.78. The van der Waals surface area contributed by atoms with Crippen molar-refractivity contribution in [2.24, 2.45) is 5.92 Å². The average molecular weight is 476 g/mol. The Kier molecular flexibility index (Phi) is 6.98. The molecule has 34 heavy (non-hydrogen) atoms. The quantitative estimate of drug-likeness (QED) is 0.386. The third-order valence-corrected chi connectivity index (χ3v) is 6.49. The molecule has 4 rings (SSSR count). The SMILES string of the molecule is CC(F)(Cc1cc(F)cc(C#N)c1)CC1CN(C(c2ccc(Cl)cc2)c2cccc(C#N)c2)C1. The van der Waals surface area contributed by atoms with E-state index in [4.69, 9.17) is 16.9 Å². The lowest BCUT2D eigenvalue weighted by atomic mass is 9.82. The van der Waals surface area contributed by atoms with Crippen LogP contribution in [0, 0.1) is 34.4 Å². The lowest BCUT2D eigenvalue weighted by molar-refractivity contribution is 0.0238. The number of rotatable bonds is 7. The van der Waals surface area contributed by atoms with Gasteiger partial charge in [-0.15, -0.1) is 0 Å². The Morgan fingerprint density at radius 3 is 2.38 bits per heavy atom. The van der Waals surface area contributed by atoms with Gasteiger partial charge in [0.1, 0.15) is 11.5 Å². The zero-order valence-corrected chi connectivity index (χ0v) is 19.6. The highest BCUT2D eigenvalue weighted by atomic mass is 35.5. The van der Waals surface area contributed by atoms with Gasteiger partial charge >= 0.3 is 0 Å². The fraction of sp³-hybridized carbons (Fsp3) is 0.286. The fourth-order valence-electron chi connectivity index (χ4n) is 4.90. The molecule has 0 bridgehead atoms. The predicted octanol–water partition coefficient (Wildman–Crippen LogP) is 6.60. The predicted molar refractivity (Wildman–Crippen MR) is 128 cm³/mol. The van der Waals surface area contributed by atoms with Gasteiger partial charge in [0.05, 0.1) is 29.3 Å². The molecule has 0 saturated carbocycles.